The van der Waals surface area contributed by atoms with Crippen LogP contribution in [0.1, 0.15) is 22.3 Å². The van der Waals surface area contributed by atoms with Crippen LogP contribution in [0.2, 0.25) is 0 Å². The Hall–Kier alpha value is -3.66. The van der Waals surface area contributed by atoms with Crippen LogP contribution in [0.3, 0.4) is 0 Å². The Balaban J connectivity index is 1.47. The van der Waals surface area contributed by atoms with Crippen LogP contribution in [0, 0.1) is 6.92 Å². The van der Waals surface area contributed by atoms with E-state index in [0.717, 1.165) is 10.6 Å². The normalized spacial score (nSPS) is 11.9. The number of pyridine rings is 1. The number of H-pyrrole nitrogens is 1. The average molecular weight is 408 g/mol. The van der Waals surface area contributed by atoms with Gasteiger partial charge < -0.3 is 9.72 Å². The molecule has 0 aliphatic rings. The maximum absolute atomic E-state index is 12.5. The number of carbonyl (C=O) groups is 2. The number of hydrogen-bond acceptors (Lipinski definition) is 8. The molecule has 0 aliphatic heterocycles. The number of esters is 1. The van der Waals surface area contributed by atoms with E-state index in [2.05, 4.69) is 30.5 Å². The minimum atomic E-state index is -0.991. The molecule has 9 nitrogen and oxygen atoms in total. The number of aromatic amines is 1. The van der Waals surface area contributed by atoms with E-state index < -0.39 is 18.0 Å². The molecule has 0 saturated carbocycles. The first kappa shape index (κ1) is 18.7. The number of aromatic nitrogens is 5. The maximum atomic E-state index is 12.5. The van der Waals surface area contributed by atoms with Crippen LogP contribution in [0.5, 0.6) is 0 Å². The molecule has 1 amide bonds. The van der Waals surface area contributed by atoms with Crippen molar-refractivity contribution in [2.24, 2.45) is 0 Å². The first-order valence-electron chi connectivity index (χ1n) is 8.72. The number of fused-ring (bicyclic) bond motifs is 1. The van der Waals surface area contributed by atoms with Crippen LogP contribution in [0.15, 0.2) is 42.7 Å². The van der Waals surface area contributed by atoms with Crippen molar-refractivity contribution < 1.29 is 14.3 Å². The van der Waals surface area contributed by atoms with Crippen LogP contribution in [0.25, 0.3) is 22.4 Å². The van der Waals surface area contributed by atoms with E-state index in [0.29, 0.717) is 27.6 Å². The number of nitrogens with one attached hydrogen (secondary N) is 2. The molecule has 146 valence electrons. The molecule has 3 aromatic heterocycles. The first-order valence-corrected chi connectivity index (χ1v) is 9.53. The SMILES string of the molecule is Cc1nnc(NC(=O)C(C)OC(=O)c2ccc3nc(-c4cccnc4)[nH]c3c2)s1. The Labute approximate surface area is 169 Å². The predicted octanol–water partition coefficient (Wildman–Crippen LogP) is 2.97. The van der Waals surface area contributed by atoms with Crippen LogP contribution >= 0.6 is 11.3 Å². The van der Waals surface area contributed by atoms with Crippen molar-refractivity contribution in [3.05, 3.63) is 53.3 Å². The maximum Gasteiger partial charge on any atom is 0.338 e. The average Bonchev–Trinajstić information content (AvgIpc) is 3.33. The number of ether oxygens (including phenoxy) is 1. The zero-order chi connectivity index (χ0) is 20.4. The summed E-state index contributed by atoms with van der Waals surface area (Å²) < 4.78 is 5.28. The predicted molar refractivity (Wildman–Crippen MR) is 107 cm³/mol. The van der Waals surface area contributed by atoms with E-state index in [1.807, 2.05) is 12.1 Å². The summed E-state index contributed by atoms with van der Waals surface area (Å²) in [4.78, 5) is 36.4. The van der Waals surface area contributed by atoms with Gasteiger partial charge in [-0.3, -0.25) is 15.1 Å². The summed E-state index contributed by atoms with van der Waals surface area (Å²) in [6.07, 6.45) is 2.39. The van der Waals surface area contributed by atoms with E-state index in [-0.39, 0.29) is 0 Å². The van der Waals surface area contributed by atoms with Crippen LogP contribution in [0.4, 0.5) is 5.13 Å². The molecule has 3 heterocycles. The summed E-state index contributed by atoms with van der Waals surface area (Å²) in [6, 6.07) is 8.68. The number of imidazole rings is 1. The first-order chi connectivity index (χ1) is 14.0. The highest BCUT2D eigenvalue weighted by Crippen LogP contribution is 2.21. The molecule has 1 atom stereocenters. The number of hydrogen-bond donors (Lipinski definition) is 2. The van der Waals surface area contributed by atoms with Gasteiger partial charge in [-0.2, -0.15) is 0 Å². The number of benzene rings is 1. The molecule has 1 aromatic carbocycles. The number of nitrogens with zero attached hydrogens (tertiary/aromatic N) is 4. The topological polar surface area (TPSA) is 123 Å². The molecular formula is C19H16N6O3S. The molecule has 0 spiro atoms. The molecule has 0 aliphatic carbocycles. The van der Waals surface area contributed by atoms with Crippen LogP contribution in [-0.4, -0.2) is 43.1 Å². The Morgan fingerprint density at radius 2 is 2.10 bits per heavy atom. The van der Waals surface area contributed by atoms with Crippen molar-refractivity contribution in [3.8, 4) is 11.4 Å². The Morgan fingerprint density at radius 3 is 2.83 bits per heavy atom. The molecule has 2 N–H and O–H groups in total. The lowest BCUT2D eigenvalue weighted by Crippen LogP contribution is -2.30. The highest BCUT2D eigenvalue weighted by Gasteiger charge is 2.21. The van der Waals surface area contributed by atoms with Gasteiger partial charge in [-0.15, -0.1) is 10.2 Å². The summed E-state index contributed by atoms with van der Waals surface area (Å²) in [5, 5.41) is 11.3. The number of rotatable bonds is 5. The lowest BCUT2D eigenvalue weighted by atomic mass is 10.2. The van der Waals surface area contributed by atoms with E-state index in [4.69, 9.17) is 4.74 Å². The fourth-order valence-electron chi connectivity index (χ4n) is 2.61. The van der Waals surface area contributed by atoms with Gasteiger partial charge in [-0.25, -0.2) is 9.78 Å². The van der Waals surface area contributed by atoms with Gasteiger partial charge in [0, 0.05) is 18.0 Å². The van der Waals surface area contributed by atoms with Gasteiger partial charge in [0.25, 0.3) is 5.91 Å². The molecule has 4 aromatic rings. The molecular weight excluding hydrogens is 392 g/mol. The summed E-state index contributed by atoms with van der Waals surface area (Å²) in [7, 11) is 0. The smallest absolute Gasteiger partial charge is 0.338 e. The molecule has 1 unspecified atom stereocenters. The second-order valence-corrected chi connectivity index (χ2v) is 7.40. The zero-order valence-electron chi connectivity index (χ0n) is 15.5. The molecule has 4 rings (SSSR count). The van der Waals surface area contributed by atoms with Gasteiger partial charge >= 0.3 is 5.97 Å². The van der Waals surface area contributed by atoms with Crippen LogP contribution < -0.4 is 5.32 Å². The number of anilines is 1. The van der Waals surface area contributed by atoms with Crippen molar-refractivity contribution in [2.45, 2.75) is 20.0 Å². The molecule has 0 saturated heterocycles. The van der Waals surface area contributed by atoms with E-state index in [9.17, 15) is 9.59 Å². The second kappa shape index (κ2) is 7.76. The number of carbonyl (C=O) groups excluding carboxylic acids is 2. The van der Waals surface area contributed by atoms with Crippen molar-refractivity contribution in [3.63, 3.8) is 0 Å². The standard InChI is InChI=1S/C19H16N6O3S/c1-10(17(26)23-19-25-24-11(2)29-19)28-18(27)12-5-6-14-15(8-12)22-16(21-14)13-4-3-7-20-9-13/h3-10H,1-2H3,(H,21,22)(H,23,25,26). The van der Waals surface area contributed by atoms with E-state index in [1.165, 1.54) is 18.3 Å². The van der Waals surface area contributed by atoms with Gasteiger partial charge in [-0.1, -0.05) is 11.3 Å². The van der Waals surface area contributed by atoms with Gasteiger partial charge in [0.05, 0.1) is 16.6 Å². The Morgan fingerprint density at radius 1 is 1.24 bits per heavy atom. The van der Waals surface area contributed by atoms with E-state index in [1.54, 1.807) is 37.5 Å². The molecule has 0 fully saturated rings. The Bertz CT molecular complexity index is 1190. The van der Waals surface area contributed by atoms with E-state index >= 15 is 0 Å². The van der Waals surface area contributed by atoms with Gasteiger partial charge in [0.1, 0.15) is 10.8 Å². The largest absolute Gasteiger partial charge is 0.449 e. The molecule has 0 bridgehead atoms. The molecule has 10 heteroatoms. The van der Waals surface area contributed by atoms with Crippen molar-refractivity contribution in [2.75, 3.05) is 5.32 Å². The summed E-state index contributed by atoms with van der Waals surface area (Å²) in [5.74, 6) is -0.435. The zero-order valence-corrected chi connectivity index (χ0v) is 16.4. The molecule has 0 radical (unpaired) electrons. The van der Waals surface area contributed by atoms with Crippen LogP contribution in [-0.2, 0) is 9.53 Å². The number of aryl methyl sites for hydroxylation is 1. The summed E-state index contributed by atoms with van der Waals surface area (Å²) in [5.41, 5.74) is 2.54. The fraction of sp³-hybridized carbons (Fsp3) is 0.158. The third kappa shape index (κ3) is 4.11. The van der Waals surface area contributed by atoms with Crippen molar-refractivity contribution >= 4 is 39.4 Å². The monoisotopic (exact) mass is 408 g/mol. The lowest BCUT2D eigenvalue weighted by Gasteiger charge is -2.12. The van der Waals surface area contributed by atoms with Gasteiger partial charge in [0.2, 0.25) is 5.13 Å². The quantitative estimate of drug-likeness (QED) is 0.487. The van der Waals surface area contributed by atoms with Crippen molar-refractivity contribution in [1.29, 1.82) is 0 Å². The van der Waals surface area contributed by atoms with Gasteiger partial charge in [0.15, 0.2) is 6.10 Å². The van der Waals surface area contributed by atoms with Gasteiger partial charge in [-0.05, 0) is 44.2 Å². The minimum Gasteiger partial charge on any atom is -0.449 e. The third-order valence-corrected chi connectivity index (χ3v) is 4.82. The van der Waals surface area contributed by atoms with Crippen molar-refractivity contribution in [1.82, 2.24) is 25.1 Å². The summed E-state index contributed by atoms with van der Waals surface area (Å²) in [6.45, 7) is 3.28. The second-order valence-electron chi connectivity index (χ2n) is 6.22. The third-order valence-electron chi connectivity index (χ3n) is 4.06. The highest BCUT2D eigenvalue weighted by molar-refractivity contribution is 7.15. The number of amides is 1. The Kier molecular flexibility index (Phi) is 5.00. The fourth-order valence-corrected chi connectivity index (χ4v) is 3.21. The summed E-state index contributed by atoms with van der Waals surface area (Å²) >= 11 is 1.24. The molecule has 29 heavy (non-hydrogen) atoms. The minimum absolute atomic E-state index is 0.310. The lowest BCUT2D eigenvalue weighted by molar-refractivity contribution is -0.123. The highest BCUT2D eigenvalue weighted by atomic mass is 32.1.